The Balaban J connectivity index is 1.41. The highest BCUT2D eigenvalue weighted by atomic mass is 35.5. The van der Waals surface area contributed by atoms with Gasteiger partial charge in [-0.05, 0) is 55.2 Å². The molecule has 0 atom stereocenters. The van der Waals surface area contributed by atoms with E-state index in [-0.39, 0.29) is 51.8 Å². The summed E-state index contributed by atoms with van der Waals surface area (Å²) in [7, 11) is -5.00. The van der Waals surface area contributed by atoms with Gasteiger partial charge in [-0.25, -0.2) is 26.6 Å². The van der Waals surface area contributed by atoms with Crippen LogP contribution in [0.2, 0.25) is 5.02 Å². The number of hydrogen-bond acceptors (Lipinski definition) is 6. The number of ether oxygens (including phenoxy) is 1. The number of amides is 1. The van der Waals surface area contributed by atoms with Crippen molar-refractivity contribution in [3.8, 4) is 17.0 Å². The van der Waals surface area contributed by atoms with Crippen LogP contribution in [0.3, 0.4) is 0 Å². The first-order valence-corrected chi connectivity index (χ1v) is 14.5. The van der Waals surface area contributed by atoms with Crippen molar-refractivity contribution in [2.24, 2.45) is 5.92 Å². The number of rotatable bonds is 10. The van der Waals surface area contributed by atoms with E-state index in [1.165, 1.54) is 24.4 Å². The quantitative estimate of drug-likeness (QED) is 0.196. The summed E-state index contributed by atoms with van der Waals surface area (Å²) >= 11 is 5.85. The number of hydrogen-bond donors (Lipinski definition) is 1. The van der Waals surface area contributed by atoms with Gasteiger partial charge in [0.05, 0.1) is 23.7 Å². The topological polar surface area (TPSA) is 98.2 Å². The number of alkyl halides is 4. The number of halogens is 6. The van der Waals surface area contributed by atoms with Gasteiger partial charge in [0.15, 0.2) is 0 Å². The molecule has 1 saturated carbocycles. The van der Waals surface area contributed by atoms with Crippen LogP contribution in [0.1, 0.15) is 41.0 Å². The lowest BCUT2D eigenvalue weighted by Crippen LogP contribution is -2.24. The van der Waals surface area contributed by atoms with Crippen molar-refractivity contribution < 1.29 is 39.9 Å². The molecule has 2 heterocycles. The molecule has 1 aliphatic rings. The zero-order valence-electron chi connectivity index (χ0n) is 21.5. The molecule has 0 spiro atoms. The summed E-state index contributed by atoms with van der Waals surface area (Å²) in [5.41, 5.74) is -0.303. The number of carbonyl (C=O) groups is 1. The molecule has 42 heavy (non-hydrogen) atoms. The Morgan fingerprint density at radius 1 is 1.05 bits per heavy atom. The molecule has 5 rings (SSSR count). The van der Waals surface area contributed by atoms with Gasteiger partial charge < -0.3 is 10.1 Å². The SMILES string of the molecule is O=C(NCc1cc2c(F)c(-c3ccc(C(F)F)nc3OCC3CC3)ccc2cn1)c1cc(Cl)cc(S(=O)(=O)C(F)F)c1. The maximum Gasteiger partial charge on any atom is 0.341 e. The Bertz CT molecular complexity index is 1790. The van der Waals surface area contributed by atoms with E-state index in [1.807, 2.05) is 0 Å². The fraction of sp³-hybridized carbons (Fsp3) is 0.250. The molecule has 0 bridgehead atoms. The fourth-order valence-electron chi connectivity index (χ4n) is 4.13. The smallest absolute Gasteiger partial charge is 0.341 e. The van der Waals surface area contributed by atoms with E-state index in [0.717, 1.165) is 37.1 Å². The first-order chi connectivity index (χ1) is 19.9. The standard InChI is InChI=1S/C28H21ClF5N3O4S/c29-17-7-16(8-19(9-17)42(39,40)28(33)34)26(38)36-12-18-10-22-15(11-35-18)3-4-20(24(22)30)21-5-6-23(25(31)32)37-27(21)41-13-14-1-2-14/h3-11,14,25,28H,1-2,12-13H2,(H,36,38). The van der Waals surface area contributed by atoms with Crippen LogP contribution >= 0.6 is 11.6 Å². The summed E-state index contributed by atoms with van der Waals surface area (Å²) in [6.45, 7) is 0.0418. The molecule has 0 radical (unpaired) electrons. The Hall–Kier alpha value is -3.84. The molecule has 1 amide bonds. The number of aromatic nitrogens is 2. The van der Waals surface area contributed by atoms with E-state index in [2.05, 4.69) is 15.3 Å². The van der Waals surface area contributed by atoms with Gasteiger partial charge in [0.25, 0.3) is 12.3 Å². The van der Waals surface area contributed by atoms with Crippen molar-refractivity contribution in [3.63, 3.8) is 0 Å². The van der Waals surface area contributed by atoms with E-state index in [1.54, 1.807) is 6.07 Å². The minimum atomic E-state index is -5.00. The highest BCUT2D eigenvalue weighted by Gasteiger charge is 2.28. The average molecular weight is 626 g/mol. The summed E-state index contributed by atoms with van der Waals surface area (Å²) in [4.78, 5) is 20.0. The van der Waals surface area contributed by atoms with Gasteiger partial charge in [0.1, 0.15) is 11.5 Å². The largest absolute Gasteiger partial charge is 0.477 e. The Labute approximate surface area is 241 Å². The summed E-state index contributed by atoms with van der Waals surface area (Å²) < 4.78 is 97.7. The van der Waals surface area contributed by atoms with Gasteiger partial charge in [-0.15, -0.1) is 0 Å². The minimum absolute atomic E-state index is 0.0643. The Morgan fingerprint density at radius 2 is 1.79 bits per heavy atom. The van der Waals surface area contributed by atoms with Crippen LogP contribution in [0.4, 0.5) is 22.0 Å². The number of carbonyl (C=O) groups excluding carboxylic acids is 1. The Kier molecular flexibility index (Phi) is 8.33. The first-order valence-electron chi connectivity index (χ1n) is 12.5. The number of nitrogens with zero attached hydrogens (tertiary/aromatic N) is 2. The minimum Gasteiger partial charge on any atom is -0.477 e. The molecule has 0 saturated heterocycles. The third-order valence-electron chi connectivity index (χ3n) is 6.57. The number of fused-ring (bicyclic) bond motifs is 1. The van der Waals surface area contributed by atoms with Crippen molar-refractivity contribution in [2.45, 2.75) is 36.5 Å². The van der Waals surface area contributed by atoms with Crippen LogP contribution in [-0.2, 0) is 16.4 Å². The monoisotopic (exact) mass is 625 g/mol. The van der Waals surface area contributed by atoms with Gasteiger partial charge in [0.2, 0.25) is 15.7 Å². The second-order valence-electron chi connectivity index (χ2n) is 9.63. The predicted octanol–water partition coefficient (Wildman–Crippen LogP) is 6.74. The number of benzene rings is 2. The number of sulfone groups is 1. The molecule has 14 heteroatoms. The van der Waals surface area contributed by atoms with E-state index < -0.39 is 44.3 Å². The van der Waals surface area contributed by atoms with Gasteiger partial charge in [0, 0.05) is 38.7 Å². The third kappa shape index (κ3) is 6.31. The van der Waals surface area contributed by atoms with Crippen LogP contribution in [0, 0.1) is 11.7 Å². The average Bonchev–Trinajstić information content (AvgIpc) is 3.79. The molecule has 2 aromatic heterocycles. The lowest BCUT2D eigenvalue weighted by molar-refractivity contribution is 0.0950. The van der Waals surface area contributed by atoms with Crippen LogP contribution in [0.25, 0.3) is 21.9 Å². The third-order valence-corrected chi connectivity index (χ3v) is 8.15. The molecule has 1 fully saturated rings. The zero-order valence-corrected chi connectivity index (χ0v) is 23.0. The summed E-state index contributed by atoms with van der Waals surface area (Å²) in [6, 6.07) is 9.57. The molecule has 7 nitrogen and oxygen atoms in total. The van der Waals surface area contributed by atoms with E-state index in [9.17, 15) is 30.8 Å². The maximum atomic E-state index is 15.8. The van der Waals surface area contributed by atoms with Gasteiger partial charge in [-0.3, -0.25) is 9.78 Å². The Morgan fingerprint density at radius 3 is 2.48 bits per heavy atom. The second kappa shape index (κ2) is 11.8. The summed E-state index contributed by atoms with van der Waals surface area (Å²) in [6.07, 6.45) is 0.445. The molecule has 4 aromatic rings. The van der Waals surface area contributed by atoms with Crippen molar-refractivity contribution in [1.82, 2.24) is 15.3 Å². The highest BCUT2D eigenvalue weighted by molar-refractivity contribution is 7.91. The lowest BCUT2D eigenvalue weighted by atomic mass is 10.0. The molecule has 220 valence electrons. The predicted molar refractivity (Wildman–Crippen MR) is 144 cm³/mol. The van der Waals surface area contributed by atoms with Crippen molar-refractivity contribution in [1.29, 1.82) is 0 Å². The molecule has 1 aliphatic carbocycles. The molecular formula is C28H21ClF5N3O4S. The van der Waals surface area contributed by atoms with Crippen LogP contribution < -0.4 is 10.1 Å². The second-order valence-corrected chi connectivity index (χ2v) is 12.0. The number of pyridine rings is 2. The van der Waals surface area contributed by atoms with E-state index in [0.29, 0.717) is 11.3 Å². The molecule has 0 aliphatic heterocycles. The summed E-state index contributed by atoms with van der Waals surface area (Å²) in [5.74, 6) is -5.03. The maximum absolute atomic E-state index is 15.8. The van der Waals surface area contributed by atoms with Gasteiger partial charge in [-0.2, -0.15) is 8.78 Å². The van der Waals surface area contributed by atoms with Crippen LogP contribution in [0.5, 0.6) is 5.88 Å². The molecule has 0 unspecified atom stereocenters. The van der Waals surface area contributed by atoms with Crippen molar-refractivity contribution >= 4 is 38.1 Å². The molecule has 2 aromatic carbocycles. The fourth-order valence-corrected chi connectivity index (χ4v) is 5.22. The molecule has 1 N–H and O–H groups in total. The van der Waals surface area contributed by atoms with Crippen LogP contribution in [0.15, 0.2) is 59.6 Å². The van der Waals surface area contributed by atoms with Crippen molar-refractivity contribution in [2.75, 3.05) is 6.61 Å². The van der Waals surface area contributed by atoms with E-state index >= 15 is 4.39 Å². The van der Waals surface area contributed by atoms with Crippen molar-refractivity contribution in [3.05, 3.63) is 82.5 Å². The molecular weight excluding hydrogens is 605 g/mol. The van der Waals surface area contributed by atoms with E-state index in [4.69, 9.17) is 16.3 Å². The summed E-state index contributed by atoms with van der Waals surface area (Å²) in [5, 5.41) is 2.77. The lowest BCUT2D eigenvalue weighted by Gasteiger charge is -2.14. The first kappa shape index (κ1) is 29.6. The van der Waals surface area contributed by atoms with Gasteiger partial charge in [-0.1, -0.05) is 23.7 Å². The highest BCUT2D eigenvalue weighted by Crippen LogP contribution is 2.37. The normalized spacial score (nSPS) is 13.6. The van der Waals surface area contributed by atoms with Gasteiger partial charge >= 0.3 is 5.76 Å². The number of nitrogens with one attached hydrogen (secondary N) is 1. The van der Waals surface area contributed by atoms with Crippen LogP contribution in [-0.4, -0.2) is 36.7 Å². The zero-order chi connectivity index (χ0) is 30.2.